The Labute approximate surface area is 97.1 Å². The van der Waals surface area contributed by atoms with Crippen LogP contribution in [0.4, 0.5) is 4.39 Å². The SMILES string of the molecule is CCC1CCCC(Cc2ccccc2F)N1. The first kappa shape index (κ1) is 11.6. The highest BCUT2D eigenvalue weighted by atomic mass is 19.1. The third kappa shape index (κ3) is 2.82. The van der Waals surface area contributed by atoms with Gasteiger partial charge >= 0.3 is 0 Å². The molecule has 2 unspecified atom stereocenters. The third-order valence-corrected chi connectivity index (χ3v) is 3.49. The van der Waals surface area contributed by atoms with Crippen molar-refractivity contribution in [3.8, 4) is 0 Å². The largest absolute Gasteiger partial charge is 0.311 e. The smallest absolute Gasteiger partial charge is 0.126 e. The Morgan fingerprint density at radius 3 is 2.75 bits per heavy atom. The molecule has 0 saturated carbocycles. The molecular formula is C14H20FN. The molecule has 1 aromatic rings. The summed E-state index contributed by atoms with van der Waals surface area (Å²) in [6, 6.07) is 8.20. The first-order valence-corrected chi connectivity index (χ1v) is 6.29. The molecular weight excluding hydrogens is 201 g/mol. The molecule has 1 heterocycles. The van der Waals surface area contributed by atoms with Crippen LogP contribution in [0.15, 0.2) is 24.3 Å². The number of nitrogens with one attached hydrogen (secondary N) is 1. The van der Waals surface area contributed by atoms with Crippen LogP contribution < -0.4 is 5.32 Å². The molecule has 1 nitrogen and oxygen atoms in total. The molecule has 0 spiro atoms. The van der Waals surface area contributed by atoms with Gasteiger partial charge in [0.25, 0.3) is 0 Å². The highest BCUT2D eigenvalue weighted by molar-refractivity contribution is 5.18. The van der Waals surface area contributed by atoms with E-state index in [0.29, 0.717) is 12.1 Å². The molecule has 0 bridgehead atoms. The van der Waals surface area contributed by atoms with Crippen LogP contribution in [-0.2, 0) is 6.42 Å². The van der Waals surface area contributed by atoms with E-state index < -0.39 is 0 Å². The van der Waals surface area contributed by atoms with Crippen molar-refractivity contribution in [2.45, 2.75) is 51.1 Å². The average Bonchev–Trinajstić information content (AvgIpc) is 2.32. The standard InChI is InChI=1S/C14H20FN/c1-2-12-7-5-8-13(16-12)10-11-6-3-4-9-14(11)15/h3-4,6,9,12-13,16H,2,5,7-8,10H2,1H3. The van der Waals surface area contributed by atoms with Crippen LogP contribution in [0.25, 0.3) is 0 Å². The zero-order chi connectivity index (χ0) is 11.4. The molecule has 2 rings (SSSR count). The summed E-state index contributed by atoms with van der Waals surface area (Å²) in [5.41, 5.74) is 0.844. The summed E-state index contributed by atoms with van der Waals surface area (Å²) in [6.45, 7) is 2.21. The van der Waals surface area contributed by atoms with Gasteiger partial charge in [-0.1, -0.05) is 31.5 Å². The van der Waals surface area contributed by atoms with Gasteiger partial charge in [-0.25, -0.2) is 4.39 Å². The maximum atomic E-state index is 13.5. The summed E-state index contributed by atoms with van der Waals surface area (Å²) in [6.07, 6.45) is 5.71. The number of piperidine rings is 1. The minimum Gasteiger partial charge on any atom is -0.311 e. The normalized spacial score (nSPS) is 25.6. The lowest BCUT2D eigenvalue weighted by molar-refractivity contribution is 0.310. The Morgan fingerprint density at radius 2 is 2.00 bits per heavy atom. The topological polar surface area (TPSA) is 12.0 Å². The summed E-state index contributed by atoms with van der Waals surface area (Å²) in [7, 11) is 0. The van der Waals surface area contributed by atoms with E-state index in [2.05, 4.69) is 12.2 Å². The molecule has 1 aliphatic heterocycles. The molecule has 2 atom stereocenters. The van der Waals surface area contributed by atoms with Gasteiger partial charge in [0.05, 0.1) is 0 Å². The van der Waals surface area contributed by atoms with Crippen LogP contribution in [0, 0.1) is 5.82 Å². The van der Waals surface area contributed by atoms with Crippen molar-refractivity contribution in [1.82, 2.24) is 5.32 Å². The van der Waals surface area contributed by atoms with Gasteiger partial charge in [0.1, 0.15) is 5.82 Å². The van der Waals surface area contributed by atoms with Crippen molar-refractivity contribution in [2.24, 2.45) is 0 Å². The second-order valence-corrected chi connectivity index (χ2v) is 4.70. The molecule has 1 fully saturated rings. The maximum absolute atomic E-state index is 13.5. The van der Waals surface area contributed by atoms with Gasteiger partial charge in [-0.3, -0.25) is 0 Å². The van der Waals surface area contributed by atoms with Crippen molar-refractivity contribution in [3.63, 3.8) is 0 Å². The van der Waals surface area contributed by atoms with Crippen molar-refractivity contribution in [1.29, 1.82) is 0 Å². The first-order valence-electron chi connectivity index (χ1n) is 6.29. The van der Waals surface area contributed by atoms with Crippen molar-refractivity contribution in [2.75, 3.05) is 0 Å². The minimum atomic E-state index is -0.0667. The van der Waals surface area contributed by atoms with Gasteiger partial charge in [-0.05, 0) is 37.3 Å². The fraction of sp³-hybridized carbons (Fsp3) is 0.571. The Bertz CT molecular complexity index is 337. The van der Waals surface area contributed by atoms with Crippen LogP contribution in [0.5, 0.6) is 0 Å². The Morgan fingerprint density at radius 1 is 1.25 bits per heavy atom. The number of benzene rings is 1. The summed E-state index contributed by atoms with van der Waals surface area (Å²) >= 11 is 0. The molecule has 2 heteroatoms. The van der Waals surface area contributed by atoms with Gasteiger partial charge in [-0.2, -0.15) is 0 Å². The maximum Gasteiger partial charge on any atom is 0.126 e. The number of rotatable bonds is 3. The Hall–Kier alpha value is -0.890. The fourth-order valence-electron chi connectivity index (χ4n) is 2.52. The molecule has 1 saturated heterocycles. The van der Waals surface area contributed by atoms with E-state index in [1.807, 2.05) is 12.1 Å². The molecule has 16 heavy (non-hydrogen) atoms. The van der Waals surface area contributed by atoms with E-state index in [-0.39, 0.29) is 5.82 Å². The van der Waals surface area contributed by atoms with Crippen LogP contribution in [0.1, 0.15) is 38.2 Å². The summed E-state index contributed by atoms with van der Waals surface area (Å²) in [5.74, 6) is -0.0667. The molecule has 1 aromatic carbocycles. The van der Waals surface area contributed by atoms with E-state index in [9.17, 15) is 4.39 Å². The monoisotopic (exact) mass is 221 g/mol. The minimum absolute atomic E-state index is 0.0667. The van der Waals surface area contributed by atoms with Crippen molar-refractivity contribution >= 4 is 0 Å². The molecule has 1 N–H and O–H groups in total. The van der Waals surface area contributed by atoms with Crippen LogP contribution in [0.2, 0.25) is 0 Å². The van der Waals surface area contributed by atoms with Crippen molar-refractivity contribution in [3.05, 3.63) is 35.6 Å². The first-order chi connectivity index (χ1) is 7.79. The fourth-order valence-corrected chi connectivity index (χ4v) is 2.52. The van der Waals surface area contributed by atoms with E-state index in [4.69, 9.17) is 0 Å². The van der Waals surface area contributed by atoms with Crippen molar-refractivity contribution < 1.29 is 4.39 Å². The van der Waals surface area contributed by atoms with Gasteiger partial charge in [0.2, 0.25) is 0 Å². The van der Waals surface area contributed by atoms with E-state index in [1.54, 1.807) is 12.1 Å². The molecule has 88 valence electrons. The number of halogens is 1. The summed E-state index contributed by atoms with van der Waals surface area (Å²) < 4.78 is 13.5. The number of hydrogen-bond acceptors (Lipinski definition) is 1. The second-order valence-electron chi connectivity index (χ2n) is 4.70. The Balaban J connectivity index is 1.97. The van der Waals surface area contributed by atoms with Crippen LogP contribution >= 0.6 is 0 Å². The van der Waals surface area contributed by atoms with Gasteiger partial charge in [-0.15, -0.1) is 0 Å². The average molecular weight is 221 g/mol. The Kier molecular flexibility index (Phi) is 3.94. The quantitative estimate of drug-likeness (QED) is 0.826. The molecule has 0 amide bonds. The highest BCUT2D eigenvalue weighted by Crippen LogP contribution is 2.19. The predicted octanol–water partition coefficient (Wildman–Crippen LogP) is 3.29. The lowest BCUT2D eigenvalue weighted by Gasteiger charge is -2.30. The molecule has 0 radical (unpaired) electrons. The third-order valence-electron chi connectivity index (χ3n) is 3.49. The van der Waals surface area contributed by atoms with Gasteiger partial charge in [0.15, 0.2) is 0 Å². The lowest BCUT2D eigenvalue weighted by atomic mass is 9.93. The van der Waals surface area contributed by atoms with Crippen LogP contribution in [0.3, 0.4) is 0 Å². The highest BCUT2D eigenvalue weighted by Gasteiger charge is 2.20. The molecule has 1 aliphatic rings. The predicted molar refractivity (Wildman–Crippen MR) is 65.0 cm³/mol. The zero-order valence-corrected chi connectivity index (χ0v) is 9.88. The second kappa shape index (κ2) is 5.44. The molecule has 0 aliphatic carbocycles. The van der Waals surface area contributed by atoms with E-state index in [1.165, 1.54) is 25.7 Å². The van der Waals surface area contributed by atoms with E-state index in [0.717, 1.165) is 12.0 Å². The molecule has 0 aromatic heterocycles. The summed E-state index contributed by atoms with van der Waals surface area (Å²) in [5, 5.41) is 3.61. The summed E-state index contributed by atoms with van der Waals surface area (Å²) in [4.78, 5) is 0. The van der Waals surface area contributed by atoms with Gasteiger partial charge < -0.3 is 5.32 Å². The number of hydrogen-bond donors (Lipinski definition) is 1. The lowest BCUT2D eigenvalue weighted by Crippen LogP contribution is -2.43. The van der Waals surface area contributed by atoms with Gasteiger partial charge in [0, 0.05) is 12.1 Å². The van der Waals surface area contributed by atoms with E-state index >= 15 is 0 Å². The van der Waals surface area contributed by atoms with Crippen LogP contribution in [-0.4, -0.2) is 12.1 Å². The zero-order valence-electron chi connectivity index (χ0n) is 9.88.